The van der Waals surface area contributed by atoms with Crippen LogP contribution in [-0.4, -0.2) is 12.6 Å². The van der Waals surface area contributed by atoms with Crippen LogP contribution >= 0.6 is 0 Å². The van der Waals surface area contributed by atoms with Crippen molar-refractivity contribution in [3.05, 3.63) is 11.6 Å². The van der Waals surface area contributed by atoms with Crippen molar-refractivity contribution in [1.82, 2.24) is 5.32 Å². The molecule has 1 heteroatoms. The van der Waals surface area contributed by atoms with Gasteiger partial charge in [0.25, 0.3) is 0 Å². The molecule has 0 aromatic rings. The molecule has 0 aromatic carbocycles. The Kier molecular flexibility index (Phi) is 2.17. The molecule has 0 amide bonds. The Morgan fingerprint density at radius 1 is 1.69 bits per heavy atom. The number of allylic oxidation sites excluding steroid dienone is 1. The molecule has 13 heavy (non-hydrogen) atoms. The average molecular weight is 175 g/mol. The first kappa shape index (κ1) is 8.84. The van der Waals surface area contributed by atoms with Crippen LogP contribution < -0.4 is 5.32 Å². The second-order valence-electron chi connectivity index (χ2n) is 4.40. The Morgan fingerprint density at radius 2 is 2.38 bits per heavy atom. The molecule has 0 radical (unpaired) electrons. The summed E-state index contributed by atoms with van der Waals surface area (Å²) in [4.78, 5) is 0. The zero-order chi connectivity index (χ0) is 9.42. The second kappa shape index (κ2) is 3.20. The maximum atomic E-state index is 5.43. The molecule has 4 unspecified atom stereocenters. The number of hydrogen-bond acceptors (Lipinski definition) is 1. The SMILES string of the molecule is C#CC(C)C1=CC(C2CN2)C(C)C1. The summed E-state index contributed by atoms with van der Waals surface area (Å²) < 4.78 is 0. The summed E-state index contributed by atoms with van der Waals surface area (Å²) in [7, 11) is 0. The fourth-order valence-electron chi connectivity index (χ4n) is 2.27. The van der Waals surface area contributed by atoms with Gasteiger partial charge in [-0.3, -0.25) is 0 Å². The minimum Gasteiger partial charge on any atom is -0.311 e. The molecule has 0 saturated carbocycles. The van der Waals surface area contributed by atoms with Crippen LogP contribution in [0.3, 0.4) is 0 Å². The van der Waals surface area contributed by atoms with Gasteiger partial charge in [0.05, 0.1) is 0 Å². The Bertz CT molecular complexity index is 267. The van der Waals surface area contributed by atoms with Crippen LogP contribution in [0.4, 0.5) is 0 Å². The van der Waals surface area contributed by atoms with Crippen molar-refractivity contribution in [3.8, 4) is 12.3 Å². The lowest BCUT2D eigenvalue weighted by molar-refractivity contribution is 0.449. The normalized spacial score (nSPS) is 39.5. The Hall–Kier alpha value is -0.740. The van der Waals surface area contributed by atoms with E-state index in [2.05, 4.69) is 31.2 Å². The van der Waals surface area contributed by atoms with Crippen molar-refractivity contribution < 1.29 is 0 Å². The molecule has 1 aliphatic carbocycles. The molecule has 2 rings (SSSR count). The lowest BCUT2D eigenvalue weighted by Crippen LogP contribution is -2.12. The van der Waals surface area contributed by atoms with E-state index in [0.29, 0.717) is 5.92 Å². The maximum Gasteiger partial charge on any atom is 0.0381 e. The van der Waals surface area contributed by atoms with Gasteiger partial charge in [-0.2, -0.15) is 0 Å². The van der Waals surface area contributed by atoms with Crippen LogP contribution in [0, 0.1) is 30.1 Å². The van der Waals surface area contributed by atoms with Gasteiger partial charge in [0.1, 0.15) is 0 Å². The molecule has 70 valence electrons. The van der Waals surface area contributed by atoms with Gasteiger partial charge < -0.3 is 5.32 Å². The highest BCUT2D eigenvalue weighted by Crippen LogP contribution is 2.37. The van der Waals surface area contributed by atoms with Crippen LogP contribution in [0.5, 0.6) is 0 Å². The molecule has 1 aliphatic heterocycles. The number of nitrogens with one attached hydrogen (secondary N) is 1. The smallest absolute Gasteiger partial charge is 0.0381 e. The van der Waals surface area contributed by atoms with E-state index < -0.39 is 0 Å². The van der Waals surface area contributed by atoms with E-state index in [1.807, 2.05) is 0 Å². The molecule has 2 aliphatic rings. The molecular formula is C12H17N. The van der Waals surface area contributed by atoms with Gasteiger partial charge in [-0.15, -0.1) is 6.42 Å². The molecule has 0 aromatic heterocycles. The van der Waals surface area contributed by atoms with Gasteiger partial charge in [-0.05, 0) is 25.2 Å². The van der Waals surface area contributed by atoms with E-state index in [1.54, 1.807) is 0 Å². The highest BCUT2D eigenvalue weighted by atomic mass is 15.1. The van der Waals surface area contributed by atoms with Gasteiger partial charge in [-0.25, -0.2) is 0 Å². The third kappa shape index (κ3) is 1.64. The topological polar surface area (TPSA) is 21.9 Å². The van der Waals surface area contributed by atoms with Crippen LogP contribution in [0.1, 0.15) is 20.3 Å². The standard InChI is InChI=1S/C12H17N/c1-4-8(2)10-5-9(3)11(6-10)12-7-13-12/h1,6,8-9,11-13H,5,7H2,2-3H3. The molecule has 1 N–H and O–H groups in total. The first-order chi connectivity index (χ1) is 6.22. The van der Waals surface area contributed by atoms with Crippen molar-refractivity contribution in [3.63, 3.8) is 0 Å². The first-order valence-corrected chi connectivity index (χ1v) is 5.12. The molecular weight excluding hydrogens is 158 g/mol. The minimum absolute atomic E-state index is 0.339. The summed E-state index contributed by atoms with van der Waals surface area (Å²) in [6, 6.07) is 0.748. The van der Waals surface area contributed by atoms with Crippen molar-refractivity contribution >= 4 is 0 Å². The maximum absolute atomic E-state index is 5.43. The van der Waals surface area contributed by atoms with Gasteiger partial charge in [0.2, 0.25) is 0 Å². The molecule has 0 bridgehead atoms. The summed E-state index contributed by atoms with van der Waals surface area (Å²) in [5.74, 6) is 4.68. The van der Waals surface area contributed by atoms with Gasteiger partial charge in [0.15, 0.2) is 0 Å². The average Bonchev–Trinajstić information content (AvgIpc) is 2.89. The zero-order valence-corrected chi connectivity index (χ0v) is 8.38. The zero-order valence-electron chi connectivity index (χ0n) is 8.38. The van der Waals surface area contributed by atoms with Gasteiger partial charge in [-0.1, -0.05) is 24.5 Å². The number of terminal acetylenes is 1. The lowest BCUT2D eigenvalue weighted by Gasteiger charge is -2.11. The van der Waals surface area contributed by atoms with Crippen LogP contribution in [0.25, 0.3) is 0 Å². The van der Waals surface area contributed by atoms with Gasteiger partial charge in [0, 0.05) is 18.5 Å². The fraction of sp³-hybridized carbons (Fsp3) is 0.667. The largest absolute Gasteiger partial charge is 0.311 e. The van der Waals surface area contributed by atoms with E-state index >= 15 is 0 Å². The van der Waals surface area contributed by atoms with E-state index in [9.17, 15) is 0 Å². The van der Waals surface area contributed by atoms with E-state index in [-0.39, 0.29) is 0 Å². The highest BCUT2D eigenvalue weighted by Gasteiger charge is 2.37. The summed E-state index contributed by atoms with van der Waals surface area (Å²) in [6.45, 7) is 5.65. The molecule has 0 spiro atoms. The summed E-state index contributed by atoms with van der Waals surface area (Å²) in [5, 5.41) is 3.39. The highest BCUT2D eigenvalue weighted by molar-refractivity contribution is 5.24. The minimum atomic E-state index is 0.339. The third-order valence-electron chi connectivity index (χ3n) is 3.33. The van der Waals surface area contributed by atoms with Crippen LogP contribution in [-0.2, 0) is 0 Å². The first-order valence-electron chi connectivity index (χ1n) is 5.12. The molecule has 1 saturated heterocycles. The number of rotatable bonds is 2. The fourth-order valence-corrected chi connectivity index (χ4v) is 2.27. The van der Waals surface area contributed by atoms with E-state index in [0.717, 1.165) is 17.9 Å². The van der Waals surface area contributed by atoms with Gasteiger partial charge >= 0.3 is 0 Å². The van der Waals surface area contributed by atoms with Crippen LogP contribution in [0.2, 0.25) is 0 Å². The predicted octanol–water partition coefficient (Wildman–Crippen LogP) is 1.81. The lowest BCUT2D eigenvalue weighted by atomic mass is 9.94. The summed E-state index contributed by atoms with van der Waals surface area (Å²) >= 11 is 0. The Balaban J connectivity index is 2.07. The van der Waals surface area contributed by atoms with Crippen molar-refractivity contribution in [1.29, 1.82) is 0 Å². The summed E-state index contributed by atoms with van der Waals surface area (Å²) in [5.41, 5.74) is 1.48. The summed E-state index contributed by atoms with van der Waals surface area (Å²) in [6.07, 6.45) is 9.05. The molecule has 1 fully saturated rings. The van der Waals surface area contributed by atoms with Crippen molar-refractivity contribution in [2.24, 2.45) is 17.8 Å². The second-order valence-corrected chi connectivity index (χ2v) is 4.40. The predicted molar refractivity (Wildman–Crippen MR) is 55.1 cm³/mol. The molecule has 4 atom stereocenters. The van der Waals surface area contributed by atoms with Crippen molar-refractivity contribution in [2.75, 3.05) is 6.54 Å². The van der Waals surface area contributed by atoms with Crippen molar-refractivity contribution in [2.45, 2.75) is 26.3 Å². The Morgan fingerprint density at radius 3 is 2.92 bits per heavy atom. The molecule has 1 heterocycles. The third-order valence-corrected chi connectivity index (χ3v) is 3.33. The molecule has 1 nitrogen and oxygen atoms in total. The van der Waals surface area contributed by atoms with Crippen LogP contribution in [0.15, 0.2) is 11.6 Å². The number of hydrogen-bond donors (Lipinski definition) is 1. The van der Waals surface area contributed by atoms with E-state index in [1.165, 1.54) is 18.5 Å². The quantitative estimate of drug-likeness (QED) is 0.386. The van der Waals surface area contributed by atoms with E-state index in [4.69, 9.17) is 6.42 Å². The monoisotopic (exact) mass is 175 g/mol. The Labute approximate surface area is 80.6 Å².